The van der Waals surface area contributed by atoms with Gasteiger partial charge in [-0.1, -0.05) is 0 Å². The van der Waals surface area contributed by atoms with Crippen molar-refractivity contribution in [3.8, 4) is 0 Å². The maximum Gasteiger partial charge on any atom is 0.232 e. The molecule has 8 nitrogen and oxygen atoms in total. The fraction of sp³-hybridized carbons (Fsp3) is 1.00. The Morgan fingerprint density at radius 2 is 1.67 bits per heavy atom. The highest BCUT2D eigenvalue weighted by molar-refractivity contribution is 4.91. The van der Waals surface area contributed by atoms with Crippen LogP contribution in [0, 0.1) is 10.1 Å². The number of aliphatic hydroxyl groups excluding tert-OH is 4. The molecule has 15 heavy (non-hydrogen) atoms. The SMILES string of the molecule is O=[N+]([O-])C[C@@H]1O[C@H](CO)[C@H](O)[C@@H](O)[C@@H]1O. The first-order valence-electron chi connectivity index (χ1n) is 4.39. The molecule has 1 fully saturated rings. The predicted octanol–water partition coefficient (Wildman–Crippen LogP) is -2.89. The Kier molecular flexibility index (Phi) is 3.94. The Labute approximate surface area is 84.9 Å². The molecule has 0 aliphatic carbocycles. The quantitative estimate of drug-likeness (QED) is 0.298. The zero-order valence-electron chi connectivity index (χ0n) is 7.76. The van der Waals surface area contributed by atoms with Gasteiger partial charge in [0.2, 0.25) is 6.54 Å². The number of hydrogen-bond acceptors (Lipinski definition) is 7. The minimum Gasteiger partial charge on any atom is -0.394 e. The summed E-state index contributed by atoms with van der Waals surface area (Å²) in [6.07, 6.45) is -6.88. The van der Waals surface area contributed by atoms with Gasteiger partial charge in [-0.25, -0.2) is 0 Å². The van der Waals surface area contributed by atoms with Crippen LogP contribution in [0.3, 0.4) is 0 Å². The zero-order valence-corrected chi connectivity index (χ0v) is 7.76. The molecule has 0 amide bonds. The van der Waals surface area contributed by atoms with E-state index in [4.69, 9.17) is 9.84 Å². The molecule has 0 bridgehead atoms. The van der Waals surface area contributed by atoms with Crippen molar-refractivity contribution in [1.82, 2.24) is 0 Å². The molecule has 1 rings (SSSR count). The second kappa shape index (κ2) is 4.81. The van der Waals surface area contributed by atoms with Crippen molar-refractivity contribution in [2.45, 2.75) is 30.5 Å². The molecule has 0 aromatic heterocycles. The minimum absolute atomic E-state index is 0.584. The van der Waals surface area contributed by atoms with Gasteiger partial charge < -0.3 is 25.2 Å². The Balaban J connectivity index is 2.69. The average Bonchev–Trinajstić information content (AvgIpc) is 2.18. The summed E-state index contributed by atoms with van der Waals surface area (Å²) < 4.78 is 4.89. The van der Waals surface area contributed by atoms with Gasteiger partial charge in [0.1, 0.15) is 24.4 Å². The van der Waals surface area contributed by atoms with Crippen LogP contribution in [-0.2, 0) is 4.74 Å². The third-order valence-corrected chi connectivity index (χ3v) is 2.32. The molecule has 88 valence electrons. The normalized spacial score (nSPS) is 41.5. The van der Waals surface area contributed by atoms with Crippen LogP contribution in [0.15, 0.2) is 0 Å². The lowest BCUT2D eigenvalue weighted by atomic mass is 9.95. The van der Waals surface area contributed by atoms with Crippen molar-refractivity contribution >= 4 is 0 Å². The summed E-state index contributed by atoms with van der Waals surface area (Å²) >= 11 is 0. The fourth-order valence-electron chi connectivity index (χ4n) is 1.48. The lowest BCUT2D eigenvalue weighted by Gasteiger charge is -2.38. The summed E-state index contributed by atoms with van der Waals surface area (Å²) in [5.41, 5.74) is 0. The van der Waals surface area contributed by atoms with Gasteiger partial charge in [0.05, 0.1) is 6.61 Å². The molecule has 0 aromatic rings. The van der Waals surface area contributed by atoms with Crippen molar-refractivity contribution in [3.63, 3.8) is 0 Å². The van der Waals surface area contributed by atoms with Gasteiger partial charge >= 0.3 is 0 Å². The topological polar surface area (TPSA) is 133 Å². The first kappa shape index (κ1) is 12.3. The van der Waals surface area contributed by atoms with Gasteiger partial charge in [-0.15, -0.1) is 0 Å². The van der Waals surface area contributed by atoms with Crippen molar-refractivity contribution in [3.05, 3.63) is 10.1 Å². The van der Waals surface area contributed by atoms with E-state index in [0.29, 0.717) is 0 Å². The van der Waals surface area contributed by atoms with E-state index < -0.39 is 48.6 Å². The zero-order chi connectivity index (χ0) is 11.6. The first-order valence-corrected chi connectivity index (χ1v) is 4.39. The molecule has 5 atom stereocenters. The Hall–Kier alpha value is -0.800. The van der Waals surface area contributed by atoms with E-state index >= 15 is 0 Å². The number of hydrogen-bond donors (Lipinski definition) is 4. The predicted molar refractivity (Wildman–Crippen MR) is 45.6 cm³/mol. The molecule has 0 radical (unpaired) electrons. The van der Waals surface area contributed by atoms with E-state index in [-0.39, 0.29) is 0 Å². The molecule has 0 unspecified atom stereocenters. The van der Waals surface area contributed by atoms with E-state index in [0.717, 1.165) is 0 Å². The summed E-state index contributed by atoms with van der Waals surface area (Å²) in [5, 5.41) is 46.9. The molecule has 4 N–H and O–H groups in total. The number of nitrogens with zero attached hydrogens (tertiary/aromatic N) is 1. The van der Waals surface area contributed by atoms with Gasteiger partial charge in [-0.05, 0) is 0 Å². The maximum absolute atomic E-state index is 10.2. The lowest BCUT2D eigenvalue weighted by Crippen LogP contribution is -2.60. The van der Waals surface area contributed by atoms with Gasteiger partial charge in [-0.2, -0.15) is 0 Å². The standard InChI is InChI=1S/C7H13NO7/c9-2-4-6(11)7(12)5(10)3(15-4)1-8(13)14/h3-7,9-12H,1-2H2/t3-,4+,5+,6-,7-/m0/s1. The van der Waals surface area contributed by atoms with Gasteiger partial charge in [0.25, 0.3) is 0 Å². The second-order valence-corrected chi connectivity index (χ2v) is 3.38. The molecule has 0 spiro atoms. The van der Waals surface area contributed by atoms with Crippen LogP contribution in [0.4, 0.5) is 0 Å². The third kappa shape index (κ3) is 2.61. The van der Waals surface area contributed by atoms with Crippen LogP contribution in [0.5, 0.6) is 0 Å². The number of nitro groups is 1. The average molecular weight is 223 g/mol. The second-order valence-electron chi connectivity index (χ2n) is 3.38. The molecule has 1 aliphatic heterocycles. The van der Waals surface area contributed by atoms with Gasteiger partial charge in [-0.3, -0.25) is 10.1 Å². The van der Waals surface area contributed by atoms with Crippen LogP contribution in [0.2, 0.25) is 0 Å². The van der Waals surface area contributed by atoms with E-state index in [1.807, 2.05) is 0 Å². The van der Waals surface area contributed by atoms with Gasteiger partial charge in [0, 0.05) is 4.92 Å². The number of ether oxygens (including phenoxy) is 1. The highest BCUT2D eigenvalue weighted by atomic mass is 16.6. The smallest absolute Gasteiger partial charge is 0.232 e. The van der Waals surface area contributed by atoms with E-state index in [1.54, 1.807) is 0 Å². The highest BCUT2D eigenvalue weighted by Crippen LogP contribution is 2.21. The monoisotopic (exact) mass is 223 g/mol. The molecular weight excluding hydrogens is 210 g/mol. The number of rotatable bonds is 3. The Morgan fingerprint density at radius 1 is 1.13 bits per heavy atom. The molecular formula is C7H13NO7. The largest absolute Gasteiger partial charge is 0.394 e. The van der Waals surface area contributed by atoms with E-state index in [9.17, 15) is 25.4 Å². The summed E-state index contributed by atoms with van der Waals surface area (Å²) in [6, 6.07) is 0. The number of aliphatic hydroxyl groups is 4. The van der Waals surface area contributed by atoms with Crippen molar-refractivity contribution in [2.75, 3.05) is 13.2 Å². The lowest BCUT2D eigenvalue weighted by molar-refractivity contribution is -0.499. The molecule has 8 heteroatoms. The van der Waals surface area contributed by atoms with E-state index in [1.165, 1.54) is 0 Å². The van der Waals surface area contributed by atoms with E-state index in [2.05, 4.69) is 0 Å². The van der Waals surface area contributed by atoms with Crippen molar-refractivity contribution in [1.29, 1.82) is 0 Å². The van der Waals surface area contributed by atoms with Crippen molar-refractivity contribution < 1.29 is 30.1 Å². The molecule has 0 aromatic carbocycles. The molecule has 0 saturated carbocycles. The third-order valence-electron chi connectivity index (χ3n) is 2.32. The molecule has 1 aliphatic rings. The van der Waals surface area contributed by atoms with Gasteiger partial charge in [0.15, 0.2) is 6.10 Å². The summed E-state index contributed by atoms with van der Waals surface area (Å²) in [7, 11) is 0. The van der Waals surface area contributed by atoms with Crippen LogP contribution < -0.4 is 0 Å². The molecule has 1 heterocycles. The summed E-state index contributed by atoms with van der Waals surface area (Å²) in [4.78, 5) is 9.50. The van der Waals surface area contributed by atoms with Crippen LogP contribution in [-0.4, -0.2) is 69.0 Å². The highest BCUT2D eigenvalue weighted by Gasteiger charge is 2.45. The summed E-state index contributed by atoms with van der Waals surface area (Å²) in [6.45, 7) is -1.28. The Morgan fingerprint density at radius 3 is 2.13 bits per heavy atom. The van der Waals surface area contributed by atoms with Crippen LogP contribution >= 0.6 is 0 Å². The fourth-order valence-corrected chi connectivity index (χ4v) is 1.48. The minimum atomic E-state index is -1.55. The first-order chi connectivity index (χ1) is 6.97. The Bertz CT molecular complexity index is 233. The maximum atomic E-state index is 10.2. The molecule has 1 saturated heterocycles. The summed E-state index contributed by atoms with van der Waals surface area (Å²) in [5.74, 6) is 0. The van der Waals surface area contributed by atoms with Crippen molar-refractivity contribution in [2.24, 2.45) is 0 Å². The van der Waals surface area contributed by atoms with Crippen LogP contribution in [0.1, 0.15) is 0 Å². The van der Waals surface area contributed by atoms with Crippen LogP contribution in [0.25, 0.3) is 0 Å².